The highest BCUT2D eigenvalue weighted by atomic mass is 14.2. The van der Waals surface area contributed by atoms with Gasteiger partial charge in [-0.3, -0.25) is 0 Å². The topological polar surface area (TPSA) is 0 Å². The summed E-state index contributed by atoms with van der Waals surface area (Å²) in [6, 6.07) is 16.5. The van der Waals surface area contributed by atoms with Crippen LogP contribution in [0.3, 0.4) is 0 Å². The third-order valence-corrected chi connectivity index (χ3v) is 3.13. The molecular weight excluding hydrogens is 192 g/mol. The normalized spacial score (nSPS) is 12.0. The lowest BCUT2D eigenvalue weighted by Gasteiger charge is -2.02. The van der Waals surface area contributed by atoms with Crippen LogP contribution in [0.5, 0.6) is 0 Å². The molecule has 0 spiro atoms. The van der Waals surface area contributed by atoms with Crippen LogP contribution in [0.2, 0.25) is 0 Å². The molecule has 0 unspecified atom stereocenters. The van der Waals surface area contributed by atoms with Gasteiger partial charge in [0.25, 0.3) is 0 Å². The molecular formula is C16H13. The maximum absolute atomic E-state index is 3.77. The van der Waals surface area contributed by atoms with Crippen LogP contribution < -0.4 is 0 Å². The van der Waals surface area contributed by atoms with E-state index < -0.39 is 0 Å². The highest BCUT2D eigenvalue weighted by Gasteiger charge is 2.17. The number of hydrogen-bond acceptors (Lipinski definition) is 0. The molecule has 0 bridgehead atoms. The minimum Gasteiger partial charge on any atom is -0.103 e. The van der Waals surface area contributed by atoms with Gasteiger partial charge in [-0.15, -0.1) is 6.58 Å². The van der Waals surface area contributed by atoms with Crippen molar-refractivity contribution in [1.82, 2.24) is 0 Å². The Labute approximate surface area is 96.3 Å². The molecule has 0 heterocycles. The van der Waals surface area contributed by atoms with E-state index in [0.717, 1.165) is 12.8 Å². The average molecular weight is 205 g/mol. The maximum atomic E-state index is 3.77. The predicted molar refractivity (Wildman–Crippen MR) is 67.4 cm³/mol. The second-order valence-corrected chi connectivity index (χ2v) is 4.20. The first-order chi connectivity index (χ1) is 7.88. The summed E-state index contributed by atoms with van der Waals surface area (Å²) in [5.41, 5.74) is 6.72. The Kier molecular flexibility index (Phi) is 2.14. The van der Waals surface area contributed by atoms with E-state index in [1.807, 2.05) is 6.08 Å². The van der Waals surface area contributed by atoms with Crippen molar-refractivity contribution in [2.75, 3.05) is 0 Å². The van der Waals surface area contributed by atoms with Crippen LogP contribution in [0.1, 0.15) is 16.7 Å². The molecule has 0 saturated carbocycles. The van der Waals surface area contributed by atoms with Crippen molar-refractivity contribution in [2.45, 2.75) is 12.8 Å². The third-order valence-electron chi connectivity index (χ3n) is 3.13. The summed E-state index contributed by atoms with van der Waals surface area (Å²) in [4.78, 5) is 0. The number of hydrogen-bond donors (Lipinski definition) is 0. The van der Waals surface area contributed by atoms with Crippen LogP contribution in [0.4, 0.5) is 0 Å². The highest BCUT2D eigenvalue weighted by Crippen LogP contribution is 2.36. The first kappa shape index (κ1) is 9.41. The van der Waals surface area contributed by atoms with Crippen molar-refractivity contribution in [1.29, 1.82) is 0 Å². The smallest absolute Gasteiger partial charge is 0.000718 e. The molecule has 77 valence electrons. The fourth-order valence-electron chi connectivity index (χ4n) is 2.38. The molecule has 16 heavy (non-hydrogen) atoms. The lowest BCUT2D eigenvalue weighted by atomic mass is 10.0. The standard InChI is InChI=1S/C16H13/c1-2-5-12-8-9-16-14(10-12)11-13-6-3-4-7-15(13)16/h2-4,6-9H,1,5,11H2. The molecule has 1 aliphatic carbocycles. The van der Waals surface area contributed by atoms with Gasteiger partial charge in [0.15, 0.2) is 0 Å². The van der Waals surface area contributed by atoms with Crippen LogP contribution in [0.25, 0.3) is 11.1 Å². The SMILES string of the molecule is C=CCc1[c]c2c(cc1)-c1ccccc1C2. The summed E-state index contributed by atoms with van der Waals surface area (Å²) in [5.74, 6) is 0. The second kappa shape index (κ2) is 3.64. The molecule has 1 aliphatic rings. The van der Waals surface area contributed by atoms with Crippen LogP contribution >= 0.6 is 0 Å². The third kappa shape index (κ3) is 1.38. The summed E-state index contributed by atoms with van der Waals surface area (Å²) in [7, 11) is 0. The van der Waals surface area contributed by atoms with Crippen LogP contribution in [-0.2, 0) is 12.8 Å². The van der Waals surface area contributed by atoms with E-state index in [4.69, 9.17) is 0 Å². The Morgan fingerprint density at radius 3 is 2.88 bits per heavy atom. The Bertz CT molecular complexity index is 550. The Morgan fingerprint density at radius 1 is 1.12 bits per heavy atom. The van der Waals surface area contributed by atoms with Gasteiger partial charge in [0.2, 0.25) is 0 Å². The molecule has 0 atom stereocenters. The molecule has 0 nitrogen and oxygen atoms in total. The quantitative estimate of drug-likeness (QED) is 0.558. The van der Waals surface area contributed by atoms with Crippen molar-refractivity contribution < 1.29 is 0 Å². The molecule has 3 rings (SSSR count). The van der Waals surface area contributed by atoms with Gasteiger partial charge in [-0.25, -0.2) is 0 Å². The fraction of sp³-hybridized carbons (Fsp3) is 0.125. The number of allylic oxidation sites excluding steroid dienone is 1. The average Bonchev–Trinajstić information content (AvgIpc) is 2.67. The zero-order valence-electron chi connectivity index (χ0n) is 9.16. The summed E-state index contributed by atoms with van der Waals surface area (Å²) in [6.07, 6.45) is 3.86. The number of fused-ring (bicyclic) bond motifs is 3. The van der Waals surface area contributed by atoms with Gasteiger partial charge in [0.1, 0.15) is 0 Å². The summed E-state index contributed by atoms with van der Waals surface area (Å²) in [6.45, 7) is 3.77. The van der Waals surface area contributed by atoms with Crippen molar-refractivity contribution in [3.63, 3.8) is 0 Å². The van der Waals surface area contributed by atoms with E-state index in [1.165, 1.54) is 27.8 Å². The molecule has 0 fully saturated rings. The lowest BCUT2D eigenvalue weighted by Crippen LogP contribution is -1.86. The lowest BCUT2D eigenvalue weighted by molar-refractivity contribution is 1.20. The van der Waals surface area contributed by atoms with E-state index in [-0.39, 0.29) is 0 Å². The molecule has 0 aliphatic heterocycles. The van der Waals surface area contributed by atoms with Gasteiger partial charge in [0, 0.05) is 0 Å². The predicted octanol–water partition coefficient (Wildman–Crippen LogP) is 3.79. The van der Waals surface area contributed by atoms with Crippen LogP contribution in [0, 0.1) is 6.07 Å². The van der Waals surface area contributed by atoms with Gasteiger partial charge in [-0.05, 0) is 46.7 Å². The Balaban J connectivity index is 2.10. The van der Waals surface area contributed by atoms with Gasteiger partial charge in [-0.2, -0.15) is 0 Å². The number of benzene rings is 2. The summed E-state index contributed by atoms with van der Waals surface area (Å²) >= 11 is 0. The minimum absolute atomic E-state index is 0.906. The molecule has 0 N–H and O–H groups in total. The van der Waals surface area contributed by atoms with E-state index >= 15 is 0 Å². The summed E-state index contributed by atoms with van der Waals surface area (Å²) < 4.78 is 0. The van der Waals surface area contributed by atoms with E-state index in [2.05, 4.69) is 49.0 Å². The molecule has 0 heteroatoms. The van der Waals surface area contributed by atoms with Crippen LogP contribution in [-0.4, -0.2) is 0 Å². The molecule has 2 aromatic rings. The molecule has 1 radical (unpaired) electrons. The van der Waals surface area contributed by atoms with Crippen molar-refractivity contribution in [3.05, 3.63) is 71.8 Å². The van der Waals surface area contributed by atoms with Gasteiger partial charge >= 0.3 is 0 Å². The Morgan fingerprint density at radius 2 is 2.00 bits per heavy atom. The van der Waals surface area contributed by atoms with Crippen molar-refractivity contribution >= 4 is 0 Å². The molecule has 2 aromatic carbocycles. The van der Waals surface area contributed by atoms with Gasteiger partial charge < -0.3 is 0 Å². The van der Waals surface area contributed by atoms with E-state index in [0.29, 0.717) is 0 Å². The van der Waals surface area contributed by atoms with Gasteiger partial charge in [-0.1, -0.05) is 42.5 Å². The van der Waals surface area contributed by atoms with Crippen LogP contribution in [0.15, 0.2) is 49.1 Å². The first-order valence-electron chi connectivity index (χ1n) is 5.62. The molecule has 0 aromatic heterocycles. The minimum atomic E-state index is 0.906. The number of rotatable bonds is 2. The first-order valence-corrected chi connectivity index (χ1v) is 5.62. The van der Waals surface area contributed by atoms with E-state index in [9.17, 15) is 0 Å². The van der Waals surface area contributed by atoms with Gasteiger partial charge in [0.05, 0.1) is 0 Å². The zero-order valence-corrected chi connectivity index (χ0v) is 9.16. The van der Waals surface area contributed by atoms with E-state index in [1.54, 1.807) is 0 Å². The largest absolute Gasteiger partial charge is 0.103 e. The molecule has 0 saturated heterocycles. The second-order valence-electron chi connectivity index (χ2n) is 4.20. The summed E-state index contributed by atoms with van der Waals surface area (Å²) in [5, 5.41) is 0. The van der Waals surface area contributed by atoms with Crippen molar-refractivity contribution in [3.8, 4) is 11.1 Å². The van der Waals surface area contributed by atoms with Crippen molar-refractivity contribution in [2.24, 2.45) is 0 Å². The maximum Gasteiger partial charge on any atom is -0.000718 e. The fourth-order valence-corrected chi connectivity index (χ4v) is 2.38. The Hall–Kier alpha value is -1.82. The molecule has 0 amide bonds. The monoisotopic (exact) mass is 205 g/mol. The highest BCUT2D eigenvalue weighted by molar-refractivity contribution is 5.76. The zero-order chi connectivity index (χ0) is 11.0.